The van der Waals surface area contributed by atoms with Gasteiger partial charge in [-0.3, -0.25) is 5.04 Å². The summed E-state index contributed by atoms with van der Waals surface area (Å²) in [6.07, 6.45) is 3.08. The second-order valence-electron chi connectivity index (χ2n) is 9.21. The summed E-state index contributed by atoms with van der Waals surface area (Å²) in [7, 11) is -4.70. The zero-order valence-corrected chi connectivity index (χ0v) is 30.6. The fraction of sp³-hybridized carbons (Fsp3) is 0.0333. The van der Waals surface area contributed by atoms with E-state index in [1.54, 1.807) is 43.3 Å². The molecule has 16 heteroatoms. The first-order valence-corrected chi connectivity index (χ1v) is 15.1. The Balaban J connectivity index is 0.00000288. The third-order valence-electron chi connectivity index (χ3n) is 6.00. The van der Waals surface area contributed by atoms with Crippen LogP contribution in [0.2, 0.25) is 0 Å². The molecule has 3 N–H and O–H groups in total. The minimum atomic E-state index is -4.70. The topological polar surface area (TPSA) is 173 Å². The Hall–Kier alpha value is -2.83. The molecular weight excluding hydrogens is 650 g/mol. The molecule has 1 heterocycles. The number of anilines is 6. The molecule has 0 fully saturated rings. The van der Waals surface area contributed by atoms with E-state index in [-0.39, 0.29) is 87.4 Å². The summed E-state index contributed by atoms with van der Waals surface area (Å²) >= 11 is 0.645. The van der Waals surface area contributed by atoms with Crippen LogP contribution in [0.3, 0.4) is 0 Å². The Bertz CT molecular complexity index is 1830. The van der Waals surface area contributed by atoms with E-state index in [4.69, 9.17) is 0 Å². The van der Waals surface area contributed by atoms with Gasteiger partial charge in [0.15, 0.2) is 0 Å². The van der Waals surface area contributed by atoms with Gasteiger partial charge >= 0.3 is 59.1 Å². The van der Waals surface area contributed by atoms with Crippen molar-refractivity contribution in [3.05, 3.63) is 114 Å². The van der Waals surface area contributed by atoms with Crippen LogP contribution in [0.1, 0.15) is 16.7 Å². The van der Waals surface area contributed by atoms with E-state index in [1.165, 1.54) is 12.1 Å². The molecule has 0 saturated heterocycles. The number of benzene rings is 4. The first-order chi connectivity index (χ1) is 21.3. The molecule has 224 valence electrons. The summed E-state index contributed by atoms with van der Waals surface area (Å²) in [6, 6.07) is 28.5. The third kappa shape index (κ3) is 10.9. The molecule has 0 saturated carbocycles. The van der Waals surface area contributed by atoms with Crippen LogP contribution in [0.5, 0.6) is 0 Å². The number of para-hydroxylation sites is 2. The fourth-order valence-corrected chi connectivity index (χ4v) is 5.29. The van der Waals surface area contributed by atoms with Crippen molar-refractivity contribution in [1.29, 1.82) is 0 Å². The van der Waals surface area contributed by atoms with Gasteiger partial charge in [0.1, 0.15) is 10.1 Å². The SMILES string of the molecule is Cc1ccc(/C=C/c2ccc(Nc3nc(Nc4ccccc4)nc(Nc4ccccc4)n3)cc2SOO[O-])c(S(=O)(=O)[O-])c1.[Na+].[Na+]. The smallest absolute Gasteiger partial charge is 0.744 e. The quantitative estimate of drug-likeness (QED) is 0.0395. The van der Waals surface area contributed by atoms with Gasteiger partial charge in [0.25, 0.3) is 0 Å². The second-order valence-corrected chi connectivity index (χ2v) is 11.3. The van der Waals surface area contributed by atoms with E-state index in [2.05, 4.69) is 40.3 Å². The van der Waals surface area contributed by atoms with E-state index in [0.717, 1.165) is 11.4 Å². The monoisotopic (exact) mass is 674 g/mol. The number of aromatic nitrogens is 3. The molecule has 4 aromatic carbocycles. The van der Waals surface area contributed by atoms with Gasteiger partial charge in [-0.2, -0.15) is 19.3 Å². The van der Waals surface area contributed by atoms with Gasteiger partial charge in [-0.15, -0.1) is 0 Å². The Morgan fingerprint density at radius 2 is 1.20 bits per heavy atom. The van der Waals surface area contributed by atoms with Crippen molar-refractivity contribution in [2.24, 2.45) is 0 Å². The van der Waals surface area contributed by atoms with E-state index >= 15 is 0 Å². The van der Waals surface area contributed by atoms with Crippen molar-refractivity contribution < 1.29 is 86.7 Å². The summed E-state index contributed by atoms with van der Waals surface area (Å²) in [6.45, 7) is 1.69. The molecule has 1 aromatic heterocycles. The average Bonchev–Trinajstić information content (AvgIpc) is 3.00. The van der Waals surface area contributed by atoms with Crippen LogP contribution in [0.4, 0.5) is 34.9 Å². The maximum atomic E-state index is 11.8. The molecule has 0 radical (unpaired) electrons. The minimum Gasteiger partial charge on any atom is -0.744 e. The van der Waals surface area contributed by atoms with Crippen molar-refractivity contribution in [3.63, 3.8) is 0 Å². The zero-order chi connectivity index (χ0) is 30.9. The van der Waals surface area contributed by atoms with Gasteiger partial charge in [0, 0.05) is 22.0 Å². The number of nitrogens with one attached hydrogen (secondary N) is 3. The molecule has 0 aliphatic carbocycles. The Morgan fingerprint density at radius 3 is 1.72 bits per heavy atom. The normalized spacial score (nSPS) is 10.9. The Labute approximate surface area is 314 Å². The van der Waals surface area contributed by atoms with E-state index < -0.39 is 10.1 Å². The second kappa shape index (κ2) is 17.9. The van der Waals surface area contributed by atoms with Gasteiger partial charge in [-0.1, -0.05) is 66.7 Å². The molecule has 0 aliphatic heterocycles. The molecule has 5 rings (SSSR count). The van der Waals surface area contributed by atoms with Crippen LogP contribution in [0.25, 0.3) is 12.2 Å². The van der Waals surface area contributed by atoms with Crippen molar-refractivity contribution in [2.45, 2.75) is 16.7 Å². The van der Waals surface area contributed by atoms with Gasteiger partial charge in [0.05, 0.1) is 16.9 Å². The van der Waals surface area contributed by atoms with Crippen LogP contribution in [0.15, 0.2) is 107 Å². The number of nitrogens with zero attached hydrogens (tertiary/aromatic N) is 3. The van der Waals surface area contributed by atoms with Gasteiger partial charge < -0.3 is 25.8 Å². The van der Waals surface area contributed by atoms with Crippen LogP contribution in [-0.4, -0.2) is 27.9 Å². The predicted molar refractivity (Wildman–Crippen MR) is 165 cm³/mol. The molecule has 0 atom stereocenters. The van der Waals surface area contributed by atoms with Crippen LogP contribution >= 0.6 is 12.0 Å². The predicted octanol–water partition coefficient (Wildman–Crippen LogP) is -0.276. The molecule has 0 bridgehead atoms. The summed E-state index contributed by atoms with van der Waals surface area (Å²) in [4.78, 5) is 13.6. The number of hydrogen-bond acceptors (Lipinski definition) is 13. The molecule has 46 heavy (non-hydrogen) atoms. The zero-order valence-electron chi connectivity index (χ0n) is 25.0. The minimum absolute atomic E-state index is 0. The number of aryl methyl sites for hydroxylation is 1. The van der Waals surface area contributed by atoms with Gasteiger partial charge in [-0.05, 0) is 66.1 Å². The van der Waals surface area contributed by atoms with Crippen molar-refractivity contribution in [3.8, 4) is 0 Å². The molecular formula is C30H24N6Na2O6S2. The van der Waals surface area contributed by atoms with Crippen LogP contribution < -0.4 is 80.3 Å². The standard InChI is InChI=1S/C30H26N6O6S2.2Na/c1-20-12-13-22(27(18-20)44(38,39)40)15-14-21-16-17-25(19-26(21)43-42-41-37)33-30-35-28(31-23-8-4-2-5-9-23)34-29(36-30)32-24-10-6-3-7-11-24;;/h2-19,37H,1H3,(H,38,39,40)(H3,31,32,33,34,35,36);;/q;2*+1/p-2/b15-14+;;. The molecule has 0 spiro atoms. The summed E-state index contributed by atoms with van der Waals surface area (Å²) in [5, 5.41) is 23.6. The van der Waals surface area contributed by atoms with Crippen LogP contribution in [0, 0.1) is 6.92 Å². The van der Waals surface area contributed by atoms with Gasteiger partial charge in [0.2, 0.25) is 17.8 Å². The maximum Gasteiger partial charge on any atom is 1.00 e. The maximum absolute atomic E-state index is 11.8. The molecule has 0 amide bonds. The third-order valence-corrected chi connectivity index (χ3v) is 7.55. The Morgan fingerprint density at radius 1 is 0.696 bits per heavy atom. The Kier molecular flexibility index (Phi) is 14.7. The first kappa shape index (κ1) is 37.6. The van der Waals surface area contributed by atoms with Crippen molar-refractivity contribution in [2.75, 3.05) is 16.0 Å². The molecule has 0 aliphatic rings. The summed E-state index contributed by atoms with van der Waals surface area (Å²) in [5.74, 6) is 0.778. The van der Waals surface area contributed by atoms with Crippen molar-refractivity contribution >= 4 is 69.2 Å². The average molecular weight is 675 g/mol. The first-order valence-electron chi connectivity index (χ1n) is 13.0. The largest absolute Gasteiger partial charge is 1.00 e. The van der Waals surface area contributed by atoms with E-state index in [9.17, 15) is 18.2 Å². The van der Waals surface area contributed by atoms with E-state index in [1.807, 2.05) is 60.7 Å². The van der Waals surface area contributed by atoms with Crippen LogP contribution in [-0.2, 0) is 19.5 Å². The van der Waals surface area contributed by atoms with E-state index in [0.29, 0.717) is 33.8 Å². The van der Waals surface area contributed by atoms with Gasteiger partial charge in [-0.25, -0.2) is 8.42 Å². The summed E-state index contributed by atoms with van der Waals surface area (Å²) in [5.41, 5.74) is 3.47. The molecule has 5 aromatic rings. The van der Waals surface area contributed by atoms with Crippen molar-refractivity contribution in [1.82, 2.24) is 15.0 Å². The summed E-state index contributed by atoms with van der Waals surface area (Å²) < 4.78 is 40.0. The molecule has 0 unspecified atom stereocenters. The fourth-order valence-electron chi connectivity index (χ4n) is 4.02. The molecule has 12 nitrogen and oxygen atoms in total. The number of rotatable bonds is 12. The number of hydrogen-bond donors (Lipinski definition) is 3.